The number of hydrogen-bond acceptors (Lipinski definition) is 6. The van der Waals surface area contributed by atoms with Crippen LogP contribution in [0.4, 0.5) is 11.5 Å². The Labute approximate surface area is 110 Å². The summed E-state index contributed by atoms with van der Waals surface area (Å²) in [4.78, 5) is 14.0. The Morgan fingerprint density at radius 3 is 3.11 bits per heavy atom. The highest BCUT2D eigenvalue weighted by Crippen LogP contribution is 2.19. The van der Waals surface area contributed by atoms with E-state index in [1.54, 1.807) is 6.07 Å². The minimum atomic E-state index is -0.606. The Kier molecular flexibility index (Phi) is 4.26. The van der Waals surface area contributed by atoms with Crippen LogP contribution in [0.2, 0.25) is 0 Å². The minimum absolute atomic E-state index is 0.167. The zero-order valence-corrected chi connectivity index (χ0v) is 10.3. The van der Waals surface area contributed by atoms with Crippen LogP contribution < -0.4 is 5.32 Å². The van der Waals surface area contributed by atoms with Crippen LogP contribution in [0.15, 0.2) is 12.1 Å². The van der Waals surface area contributed by atoms with E-state index < -0.39 is 4.92 Å². The third-order valence-corrected chi connectivity index (χ3v) is 3.06. The molecule has 19 heavy (non-hydrogen) atoms. The van der Waals surface area contributed by atoms with Gasteiger partial charge in [-0.1, -0.05) is 0 Å². The van der Waals surface area contributed by atoms with Crippen molar-refractivity contribution in [3.63, 3.8) is 0 Å². The Bertz CT molecular complexity index is 506. The van der Waals surface area contributed by atoms with E-state index in [-0.39, 0.29) is 11.4 Å². The zero-order valence-electron chi connectivity index (χ0n) is 10.3. The standard InChI is InChI=1S/C12H14N4O3/c13-7-10-11(16(17)18)1-2-12(15-10)14-5-3-9-4-6-19-8-9/h1-2,9H,3-6,8H2,(H,14,15). The van der Waals surface area contributed by atoms with Gasteiger partial charge in [-0.15, -0.1) is 0 Å². The summed E-state index contributed by atoms with van der Waals surface area (Å²) in [7, 11) is 0. The smallest absolute Gasteiger partial charge is 0.305 e. The number of nitriles is 1. The fourth-order valence-corrected chi connectivity index (χ4v) is 2.00. The van der Waals surface area contributed by atoms with E-state index in [0.29, 0.717) is 18.3 Å². The van der Waals surface area contributed by atoms with E-state index in [1.807, 2.05) is 0 Å². The molecule has 2 heterocycles. The van der Waals surface area contributed by atoms with Gasteiger partial charge >= 0.3 is 5.69 Å². The number of anilines is 1. The molecule has 0 amide bonds. The highest BCUT2D eigenvalue weighted by atomic mass is 16.6. The Balaban J connectivity index is 1.93. The fraction of sp³-hybridized carbons (Fsp3) is 0.500. The van der Waals surface area contributed by atoms with Crippen molar-refractivity contribution in [1.82, 2.24) is 4.98 Å². The Morgan fingerprint density at radius 1 is 1.63 bits per heavy atom. The van der Waals surface area contributed by atoms with Crippen molar-refractivity contribution in [2.24, 2.45) is 5.92 Å². The second-order valence-corrected chi connectivity index (χ2v) is 4.38. The molecule has 1 unspecified atom stereocenters. The highest BCUT2D eigenvalue weighted by molar-refractivity contribution is 5.50. The van der Waals surface area contributed by atoms with Crippen LogP contribution in [0.25, 0.3) is 0 Å². The molecule has 1 aromatic heterocycles. The predicted octanol–water partition coefficient (Wildman–Crippen LogP) is 1.70. The van der Waals surface area contributed by atoms with Gasteiger partial charge < -0.3 is 10.1 Å². The van der Waals surface area contributed by atoms with E-state index in [9.17, 15) is 10.1 Å². The number of nitrogens with zero attached hydrogens (tertiary/aromatic N) is 3. The molecular formula is C12H14N4O3. The number of nitro groups is 1. The summed E-state index contributed by atoms with van der Waals surface area (Å²) in [6.07, 6.45) is 2.03. The first-order valence-electron chi connectivity index (χ1n) is 6.08. The molecule has 7 nitrogen and oxygen atoms in total. The van der Waals surface area contributed by atoms with Crippen LogP contribution >= 0.6 is 0 Å². The lowest BCUT2D eigenvalue weighted by Crippen LogP contribution is -2.10. The molecule has 0 spiro atoms. The SMILES string of the molecule is N#Cc1nc(NCCC2CCOC2)ccc1[N+](=O)[O-]. The van der Waals surface area contributed by atoms with Crippen molar-refractivity contribution in [3.8, 4) is 6.07 Å². The second kappa shape index (κ2) is 6.11. The molecular weight excluding hydrogens is 248 g/mol. The summed E-state index contributed by atoms with van der Waals surface area (Å²) >= 11 is 0. The van der Waals surface area contributed by atoms with E-state index in [4.69, 9.17) is 10.00 Å². The van der Waals surface area contributed by atoms with Crippen molar-refractivity contribution in [1.29, 1.82) is 5.26 Å². The van der Waals surface area contributed by atoms with Gasteiger partial charge in [0.15, 0.2) is 0 Å². The fourth-order valence-electron chi connectivity index (χ4n) is 2.00. The summed E-state index contributed by atoms with van der Waals surface area (Å²) in [6, 6.07) is 4.55. The molecule has 0 aromatic carbocycles. The third kappa shape index (κ3) is 3.39. The minimum Gasteiger partial charge on any atom is -0.381 e. The van der Waals surface area contributed by atoms with Crippen LogP contribution in [0.5, 0.6) is 0 Å². The molecule has 1 atom stereocenters. The topological polar surface area (TPSA) is 101 Å². The molecule has 1 aliphatic rings. The van der Waals surface area contributed by atoms with Crippen molar-refractivity contribution in [3.05, 3.63) is 27.9 Å². The Hall–Kier alpha value is -2.20. The van der Waals surface area contributed by atoms with Crippen LogP contribution in [-0.2, 0) is 4.74 Å². The van der Waals surface area contributed by atoms with Gasteiger partial charge in [-0.2, -0.15) is 5.26 Å². The Morgan fingerprint density at radius 2 is 2.47 bits per heavy atom. The maximum absolute atomic E-state index is 10.7. The number of aromatic nitrogens is 1. The van der Waals surface area contributed by atoms with Crippen LogP contribution in [0.3, 0.4) is 0 Å². The van der Waals surface area contributed by atoms with Crippen LogP contribution in [-0.4, -0.2) is 29.7 Å². The highest BCUT2D eigenvalue weighted by Gasteiger charge is 2.17. The van der Waals surface area contributed by atoms with Gasteiger partial charge in [-0.05, 0) is 24.8 Å². The van der Waals surface area contributed by atoms with Gasteiger partial charge in [0.05, 0.1) is 4.92 Å². The van der Waals surface area contributed by atoms with Gasteiger partial charge in [0.25, 0.3) is 0 Å². The normalized spacial score (nSPS) is 17.9. The molecule has 7 heteroatoms. The summed E-state index contributed by atoms with van der Waals surface area (Å²) < 4.78 is 5.28. The van der Waals surface area contributed by atoms with Crippen LogP contribution in [0, 0.1) is 27.4 Å². The van der Waals surface area contributed by atoms with Gasteiger partial charge in [0.1, 0.15) is 11.9 Å². The molecule has 0 bridgehead atoms. The van der Waals surface area contributed by atoms with Crippen molar-refractivity contribution < 1.29 is 9.66 Å². The van der Waals surface area contributed by atoms with Gasteiger partial charge in [0, 0.05) is 25.8 Å². The van der Waals surface area contributed by atoms with Gasteiger partial charge in [-0.3, -0.25) is 10.1 Å². The quantitative estimate of drug-likeness (QED) is 0.640. The first-order chi connectivity index (χ1) is 9.20. The lowest BCUT2D eigenvalue weighted by Gasteiger charge is -2.09. The van der Waals surface area contributed by atoms with E-state index in [1.165, 1.54) is 12.1 Å². The molecule has 1 saturated heterocycles. The summed E-state index contributed by atoms with van der Waals surface area (Å²) in [5.74, 6) is 1.04. The average molecular weight is 262 g/mol. The first-order valence-corrected chi connectivity index (χ1v) is 6.08. The molecule has 1 aromatic rings. The maximum Gasteiger partial charge on any atom is 0.305 e. The summed E-state index contributed by atoms with van der Waals surface area (Å²) in [5.41, 5.74) is -0.434. The summed E-state index contributed by atoms with van der Waals surface area (Å²) in [5, 5.41) is 22.6. The molecule has 2 rings (SSSR count). The molecule has 0 saturated carbocycles. The molecule has 0 aliphatic carbocycles. The van der Waals surface area contributed by atoms with E-state index in [2.05, 4.69) is 10.3 Å². The molecule has 1 fully saturated rings. The third-order valence-electron chi connectivity index (χ3n) is 3.06. The lowest BCUT2D eigenvalue weighted by atomic mass is 10.1. The van der Waals surface area contributed by atoms with E-state index in [0.717, 1.165) is 26.1 Å². The van der Waals surface area contributed by atoms with Gasteiger partial charge in [-0.25, -0.2) is 4.98 Å². The maximum atomic E-state index is 10.7. The van der Waals surface area contributed by atoms with Crippen molar-refractivity contribution >= 4 is 11.5 Å². The number of rotatable bonds is 5. The van der Waals surface area contributed by atoms with Gasteiger partial charge in [0.2, 0.25) is 5.69 Å². The predicted molar refractivity (Wildman–Crippen MR) is 67.6 cm³/mol. The van der Waals surface area contributed by atoms with E-state index >= 15 is 0 Å². The number of ether oxygens (including phenoxy) is 1. The van der Waals surface area contributed by atoms with Crippen molar-refractivity contribution in [2.45, 2.75) is 12.8 Å². The molecule has 1 N–H and O–H groups in total. The number of nitrogens with one attached hydrogen (secondary N) is 1. The molecule has 0 radical (unpaired) electrons. The molecule has 1 aliphatic heterocycles. The van der Waals surface area contributed by atoms with Crippen LogP contribution in [0.1, 0.15) is 18.5 Å². The van der Waals surface area contributed by atoms with Crippen molar-refractivity contribution in [2.75, 3.05) is 25.1 Å². The lowest BCUT2D eigenvalue weighted by molar-refractivity contribution is -0.385. The zero-order chi connectivity index (χ0) is 13.7. The average Bonchev–Trinajstić information content (AvgIpc) is 2.91. The first kappa shape index (κ1) is 13.2. The summed E-state index contributed by atoms with van der Waals surface area (Å²) in [6.45, 7) is 2.32. The second-order valence-electron chi connectivity index (χ2n) is 4.38. The molecule has 100 valence electrons. The largest absolute Gasteiger partial charge is 0.381 e. The number of hydrogen-bond donors (Lipinski definition) is 1. The number of pyridine rings is 1. The monoisotopic (exact) mass is 262 g/mol.